The van der Waals surface area contributed by atoms with Crippen molar-refractivity contribution in [2.45, 2.75) is 19.5 Å². The molecular weight excluding hydrogens is 242 g/mol. The van der Waals surface area contributed by atoms with Gasteiger partial charge in [0.25, 0.3) is 0 Å². The smallest absolute Gasteiger partial charge is 0.328 e. The molecule has 0 aliphatic rings. The quantitative estimate of drug-likeness (QED) is 0.901. The molecule has 2 rings (SSSR count). The summed E-state index contributed by atoms with van der Waals surface area (Å²) in [6.07, 6.45) is 3.50. The zero-order valence-corrected chi connectivity index (χ0v) is 11.5. The van der Waals surface area contributed by atoms with Gasteiger partial charge >= 0.3 is 5.69 Å². The zero-order valence-electron chi connectivity index (χ0n) is 11.5. The van der Waals surface area contributed by atoms with Gasteiger partial charge in [-0.3, -0.25) is 4.57 Å². The SMILES string of the molecule is COc1ccc(C(C)N)cc1Cn1ccn(C)c1=O. The topological polar surface area (TPSA) is 62.2 Å². The fourth-order valence-electron chi connectivity index (χ4n) is 2.02. The number of ether oxygens (including phenoxy) is 1. The van der Waals surface area contributed by atoms with Crippen molar-refractivity contribution < 1.29 is 4.74 Å². The summed E-state index contributed by atoms with van der Waals surface area (Å²) in [5, 5.41) is 0. The summed E-state index contributed by atoms with van der Waals surface area (Å²) in [6.45, 7) is 2.41. The average molecular weight is 261 g/mol. The fourth-order valence-corrected chi connectivity index (χ4v) is 2.02. The normalized spacial score (nSPS) is 12.4. The number of aromatic nitrogens is 2. The van der Waals surface area contributed by atoms with E-state index in [9.17, 15) is 4.79 Å². The van der Waals surface area contributed by atoms with E-state index >= 15 is 0 Å². The zero-order chi connectivity index (χ0) is 14.0. The molecule has 5 heteroatoms. The largest absolute Gasteiger partial charge is 0.496 e. The summed E-state index contributed by atoms with van der Waals surface area (Å²) in [4.78, 5) is 11.9. The lowest BCUT2D eigenvalue weighted by molar-refractivity contribution is 0.407. The Morgan fingerprint density at radius 3 is 2.63 bits per heavy atom. The van der Waals surface area contributed by atoms with Crippen LogP contribution >= 0.6 is 0 Å². The second-order valence-electron chi connectivity index (χ2n) is 4.68. The van der Waals surface area contributed by atoms with E-state index in [1.54, 1.807) is 35.7 Å². The molecule has 2 N–H and O–H groups in total. The molecule has 5 nitrogen and oxygen atoms in total. The maximum atomic E-state index is 11.9. The number of benzene rings is 1. The summed E-state index contributed by atoms with van der Waals surface area (Å²) in [7, 11) is 3.35. The lowest BCUT2D eigenvalue weighted by Gasteiger charge is -2.13. The van der Waals surface area contributed by atoms with E-state index in [2.05, 4.69) is 0 Å². The van der Waals surface area contributed by atoms with E-state index in [0.29, 0.717) is 6.54 Å². The summed E-state index contributed by atoms with van der Waals surface area (Å²) in [5.41, 5.74) is 7.82. The minimum absolute atomic E-state index is 0.0443. The van der Waals surface area contributed by atoms with Crippen molar-refractivity contribution in [2.75, 3.05) is 7.11 Å². The third kappa shape index (κ3) is 2.71. The maximum Gasteiger partial charge on any atom is 0.328 e. The first-order chi connectivity index (χ1) is 9.02. The Morgan fingerprint density at radius 2 is 2.11 bits per heavy atom. The van der Waals surface area contributed by atoms with Crippen LogP contribution in [0.3, 0.4) is 0 Å². The number of nitrogens with two attached hydrogens (primary N) is 1. The van der Waals surface area contributed by atoms with E-state index in [-0.39, 0.29) is 11.7 Å². The number of imidazole rings is 1. The van der Waals surface area contributed by atoms with Crippen LogP contribution in [0.25, 0.3) is 0 Å². The minimum atomic E-state index is -0.0479. The first kappa shape index (κ1) is 13.4. The van der Waals surface area contributed by atoms with Gasteiger partial charge in [0.05, 0.1) is 13.7 Å². The predicted octanol–water partition coefficient (Wildman–Crippen LogP) is 1.26. The Labute approximate surface area is 112 Å². The molecule has 1 atom stereocenters. The van der Waals surface area contributed by atoms with Gasteiger partial charge < -0.3 is 15.0 Å². The standard InChI is InChI=1S/C14H19N3O2/c1-10(15)11-4-5-13(19-3)12(8-11)9-17-7-6-16(2)14(17)18/h4-8,10H,9,15H2,1-3H3. The fraction of sp³-hybridized carbons (Fsp3) is 0.357. The molecule has 1 aromatic carbocycles. The molecule has 0 aliphatic heterocycles. The molecule has 0 fully saturated rings. The lowest BCUT2D eigenvalue weighted by atomic mass is 10.0. The van der Waals surface area contributed by atoms with Crippen LogP contribution in [0, 0.1) is 0 Å². The summed E-state index contributed by atoms with van der Waals surface area (Å²) >= 11 is 0. The Balaban J connectivity index is 2.40. The van der Waals surface area contributed by atoms with Crippen LogP contribution < -0.4 is 16.2 Å². The first-order valence-corrected chi connectivity index (χ1v) is 6.17. The second-order valence-corrected chi connectivity index (χ2v) is 4.68. The van der Waals surface area contributed by atoms with E-state index in [1.807, 2.05) is 25.1 Å². The molecule has 0 bridgehead atoms. The van der Waals surface area contributed by atoms with Crippen LogP contribution in [0.15, 0.2) is 35.4 Å². The van der Waals surface area contributed by atoms with Crippen molar-refractivity contribution >= 4 is 0 Å². The van der Waals surface area contributed by atoms with E-state index in [4.69, 9.17) is 10.5 Å². The average Bonchev–Trinajstić information content (AvgIpc) is 2.70. The van der Waals surface area contributed by atoms with Gasteiger partial charge in [0, 0.05) is 31.0 Å². The molecule has 1 heterocycles. The van der Waals surface area contributed by atoms with E-state index < -0.39 is 0 Å². The Hall–Kier alpha value is -2.01. The van der Waals surface area contributed by atoms with Crippen LogP contribution in [-0.2, 0) is 13.6 Å². The van der Waals surface area contributed by atoms with Crippen LogP contribution in [0.5, 0.6) is 5.75 Å². The highest BCUT2D eigenvalue weighted by molar-refractivity contribution is 5.38. The molecule has 0 spiro atoms. The van der Waals surface area contributed by atoms with Crippen molar-refractivity contribution in [3.63, 3.8) is 0 Å². The minimum Gasteiger partial charge on any atom is -0.496 e. The van der Waals surface area contributed by atoms with E-state index in [0.717, 1.165) is 16.9 Å². The first-order valence-electron chi connectivity index (χ1n) is 6.17. The number of nitrogens with zero attached hydrogens (tertiary/aromatic N) is 2. The predicted molar refractivity (Wildman–Crippen MR) is 74.4 cm³/mol. The molecule has 0 aliphatic carbocycles. The third-order valence-corrected chi connectivity index (χ3v) is 3.19. The van der Waals surface area contributed by atoms with Gasteiger partial charge in [0.15, 0.2) is 0 Å². The van der Waals surface area contributed by atoms with Crippen LogP contribution in [0.1, 0.15) is 24.1 Å². The molecule has 19 heavy (non-hydrogen) atoms. The monoisotopic (exact) mass is 261 g/mol. The van der Waals surface area contributed by atoms with Crippen molar-refractivity contribution in [3.8, 4) is 5.75 Å². The molecule has 1 aromatic heterocycles. The molecule has 0 amide bonds. The van der Waals surface area contributed by atoms with Gasteiger partial charge in [0.1, 0.15) is 5.75 Å². The summed E-state index contributed by atoms with van der Waals surface area (Å²) < 4.78 is 8.52. The highest BCUT2D eigenvalue weighted by Gasteiger charge is 2.09. The van der Waals surface area contributed by atoms with Crippen LogP contribution in [0.2, 0.25) is 0 Å². The van der Waals surface area contributed by atoms with Crippen LogP contribution in [0.4, 0.5) is 0 Å². The second kappa shape index (κ2) is 5.32. The highest BCUT2D eigenvalue weighted by atomic mass is 16.5. The Morgan fingerprint density at radius 1 is 1.37 bits per heavy atom. The van der Waals surface area contributed by atoms with Crippen LogP contribution in [-0.4, -0.2) is 16.2 Å². The molecule has 102 valence electrons. The lowest BCUT2D eigenvalue weighted by Crippen LogP contribution is -2.22. The third-order valence-electron chi connectivity index (χ3n) is 3.19. The highest BCUT2D eigenvalue weighted by Crippen LogP contribution is 2.23. The number of hydrogen-bond donors (Lipinski definition) is 1. The molecule has 2 aromatic rings. The molecule has 0 saturated carbocycles. The van der Waals surface area contributed by atoms with Crippen molar-refractivity contribution in [1.82, 2.24) is 9.13 Å². The number of aryl methyl sites for hydroxylation is 1. The van der Waals surface area contributed by atoms with Gasteiger partial charge in [-0.15, -0.1) is 0 Å². The van der Waals surface area contributed by atoms with Gasteiger partial charge in [-0.05, 0) is 24.6 Å². The molecule has 1 unspecified atom stereocenters. The maximum absolute atomic E-state index is 11.9. The number of rotatable bonds is 4. The molecule has 0 radical (unpaired) electrons. The molecular formula is C14H19N3O2. The van der Waals surface area contributed by atoms with Gasteiger partial charge in [-0.25, -0.2) is 4.79 Å². The van der Waals surface area contributed by atoms with Gasteiger partial charge in [-0.2, -0.15) is 0 Å². The number of hydrogen-bond acceptors (Lipinski definition) is 3. The van der Waals surface area contributed by atoms with Crippen molar-refractivity contribution in [3.05, 3.63) is 52.2 Å². The van der Waals surface area contributed by atoms with Crippen molar-refractivity contribution in [1.29, 1.82) is 0 Å². The summed E-state index contributed by atoms with van der Waals surface area (Å²) in [6, 6.07) is 5.78. The molecule has 0 saturated heterocycles. The van der Waals surface area contributed by atoms with Crippen molar-refractivity contribution in [2.24, 2.45) is 12.8 Å². The van der Waals surface area contributed by atoms with Gasteiger partial charge in [0.2, 0.25) is 0 Å². The summed E-state index contributed by atoms with van der Waals surface area (Å²) in [5.74, 6) is 0.764. The van der Waals surface area contributed by atoms with Gasteiger partial charge in [-0.1, -0.05) is 6.07 Å². The number of methoxy groups -OCH3 is 1. The Kier molecular flexibility index (Phi) is 3.76. The Bertz CT molecular complexity index is 626. The van der Waals surface area contributed by atoms with E-state index in [1.165, 1.54) is 0 Å².